The second kappa shape index (κ2) is 4.21. The van der Waals surface area contributed by atoms with Crippen molar-refractivity contribution in [3.63, 3.8) is 0 Å². The molecule has 0 bridgehead atoms. The lowest BCUT2D eigenvalue weighted by atomic mass is 10.0. The average molecular weight is 259 g/mol. The first-order valence-electron chi connectivity index (χ1n) is 6.78. The lowest BCUT2D eigenvalue weighted by Crippen LogP contribution is -2.24. The van der Waals surface area contributed by atoms with E-state index in [9.17, 15) is 0 Å². The molecule has 1 unspecified atom stereocenters. The Bertz CT molecular complexity index is 563. The van der Waals surface area contributed by atoms with E-state index in [2.05, 4.69) is 21.7 Å². The molecule has 0 spiro atoms. The van der Waals surface area contributed by atoms with Gasteiger partial charge in [-0.2, -0.15) is 0 Å². The number of rotatable bonds is 2. The Kier molecular flexibility index (Phi) is 2.52. The van der Waals surface area contributed by atoms with Gasteiger partial charge in [0.2, 0.25) is 0 Å². The van der Waals surface area contributed by atoms with Crippen LogP contribution in [-0.4, -0.2) is 22.6 Å². The Morgan fingerprint density at radius 3 is 3.28 bits per heavy atom. The summed E-state index contributed by atoms with van der Waals surface area (Å²) in [6, 6.07) is 2.84. The average Bonchev–Trinajstić information content (AvgIpc) is 3.06. The minimum Gasteiger partial charge on any atom is -0.345 e. The lowest BCUT2D eigenvalue weighted by molar-refractivity contribution is 0.588. The highest BCUT2D eigenvalue weighted by molar-refractivity contribution is 7.10. The first-order valence-corrected chi connectivity index (χ1v) is 7.66. The van der Waals surface area contributed by atoms with E-state index in [1.807, 2.05) is 11.3 Å². The predicted molar refractivity (Wildman–Crippen MR) is 74.0 cm³/mol. The van der Waals surface area contributed by atoms with Gasteiger partial charge < -0.3 is 10.3 Å². The van der Waals surface area contributed by atoms with Crippen molar-refractivity contribution in [3.8, 4) is 11.3 Å². The third-order valence-electron chi connectivity index (χ3n) is 4.03. The molecular weight excluding hydrogens is 242 g/mol. The number of hydrogen-bond donors (Lipinski definition) is 2. The van der Waals surface area contributed by atoms with E-state index in [4.69, 9.17) is 4.98 Å². The van der Waals surface area contributed by atoms with Crippen LogP contribution in [-0.2, 0) is 19.3 Å². The normalized spacial score (nSPS) is 21.9. The third kappa shape index (κ3) is 1.71. The summed E-state index contributed by atoms with van der Waals surface area (Å²) in [5.74, 6) is 1.17. The lowest BCUT2D eigenvalue weighted by Gasteiger charge is -2.09. The van der Waals surface area contributed by atoms with E-state index in [-0.39, 0.29) is 0 Å². The highest BCUT2D eigenvalue weighted by Crippen LogP contribution is 2.35. The summed E-state index contributed by atoms with van der Waals surface area (Å²) in [6.45, 7) is 1.17. The molecule has 1 saturated heterocycles. The standard InChI is InChI=1S/C14H17N3S/c1-2-9(15-6-1)8-13-16-11-3-4-12-10(5-7-18-12)14(11)17-13/h5,7,9,15H,1-4,6,8H2,(H,16,17). The molecule has 0 aromatic carbocycles. The fourth-order valence-electron chi connectivity index (χ4n) is 3.11. The SMILES string of the molecule is c1cc2c(s1)CCc1[nH]c(CC3CCCN3)nc1-2. The molecule has 2 N–H and O–H groups in total. The van der Waals surface area contributed by atoms with Crippen molar-refractivity contribution in [3.05, 3.63) is 27.8 Å². The summed E-state index contributed by atoms with van der Waals surface area (Å²) >= 11 is 1.86. The molecule has 2 aromatic rings. The Labute approximate surface area is 111 Å². The topological polar surface area (TPSA) is 40.7 Å². The van der Waals surface area contributed by atoms with Gasteiger partial charge in [0.25, 0.3) is 0 Å². The van der Waals surface area contributed by atoms with Crippen LogP contribution in [0.5, 0.6) is 0 Å². The van der Waals surface area contributed by atoms with Gasteiger partial charge in [0.05, 0.1) is 5.69 Å². The molecule has 0 amide bonds. The maximum atomic E-state index is 4.84. The van der Waals surface area contributed by atoms with Gasteiger partial charge in [-0.05, 0) is 43.7 Å². The maximum Gasteiger partial charge on any atom is 0.108 e. The van der Waals surface area contributed by atoms with Crippen molar-refractivity contribution < 1.29 is 0 Å². The first-order chi connectivity index (χ1) is 8.90. The van der Waals surface area contributed by atoms with Crippen molar-refractivity contribution in [2.45, 2.75) is 38.1 Å². The quantitative estimate of drug-likeness (QED) is 0.870. The van der Waals surface area contributed by atoms with Crippen LogP contribution < -0.4 is 5.32 Å². The van der Waals surface area contributed by atoms with Crippen LogP contribution >= 0.6 is 11.3 Å². The first kappa shape index (κ1) is 10.8. The van der Waals surface area contributed by atoms with Crippen LogP contribution in [0, 0.1) is 0 Å². The third-order valence-corrected chi connectivity index (χ3v) is 5.01. The van der Waals surface area contributed by atoms with E-state index in [1.54, 1.807) is 0 Å². The Balaban J connectivity index is 1.65. The Morgan fingerprint density at radius 1 is 1.39 bits per heavy atom. The van der Waals surface area contributed by atoms with Crippen LogP contribution in [0.4, 0.5) is 0 Å². The minimum absolute atomic E-state index is 0.625. The van der Waals surface area contributed by atoms with E-state index < -0.39 is 0 Å². The summed E-state index contributed by atoms with van der Waals surface area (Å²) < 4.78 is 0. The van der Waals surface area contributed by atoms with Crippen molar-refractivity contribution in [2.24, 2.45) is 0 Å². The number of fused-ring (bicyclic) bond motifs is 3. The zero-order valence-corrected chi connectivity index (χ0v) is 11.1. The largest absolute Gasteiger partial charge is 0.345 e. The van der Waals surface area contributed by atoms with Crippen molar-refractivity contribution >= 4 is 11.3 Å². The molecule has 0 saturated carbocycles. The Morgan fingerprint density at radius 2 is 2.39 bits per heavy atom. The van der Waals surface area contributed by atoms with Crippen LogP contribution in [0.3, 0.4) is 0 Å². The molecular formula is C14H17N3S. The molecule has 94 valence electrons. The van der Waals surface area contributed by atoms with Crippen LogP contribution in [0.25, 0.3) is 11.3 Å². The van der Waals surface area contributed by atoms with Crippen molar-refractivity contribution in [1.29, 1.82) is 0 Å². The molecule has 3 heterocycles. The molecule has 18 heavy (non-hydrogen) atoms. The number of H-pyrrole nitrogens is 1. The van der Waals surface area contributed by atoms with Gasteiger partial charge >= 0.3 is 0 Å². The highest BCUT2D eigenvalue weighted by atomic mass is 32.1. The summed E-state index contributed by atoms with van der Waals surface area (Å²) in [4.78, 5) is 9.88. The zero-order valence-electron chi connectivity index (χ0n) is 10.3. The smallest absolute Gasteiger partial charge is 0.108 e. The van der Waals surface area contributed by atoms with Gasteiger partial charge in [-0.1, -0.05) is 0 Å². The van der Waals surface area contributed by atoms with Gasteiger partial charge in [-0.15, -0.1) is 11.3 Å². The van der Waals surface area contributed by atoms with Gasteiger partial charge in [-0.3, -0.25) is 0 Å². The number of aromatic amines is 1. The summed E-state index contributed by atoms with van der Waals surface area (Å²) in [5, 5.41) is 5.73. The minimum atomic E-state index is 0.625. The second-order valence-electron chi connectivity index (χ2n) is 5.27. The second-order valence-corrected chi connectivity index (χ2v) is 6.27. The Hall–Kier alpha value is -1.13. The van der Waals surface area contributed by atoms with Crippen LogP contribution in [0.15, 0.2) is 11.4 Å². The van der Waals surface area contributed by atoms with E-state index in [0.29, 0.717) is 6.04 Å². The monoisotopic (exact) mass is 259 g/mol. The number of thiophene rings is 1. The molecule has 1 aliphatic carbocycles. The molecule has 1 fully saturated rings. The fourth-order valence-corrected chi connectivity index (χ4v) is 3.99. The van der Waals surface area contributed by atoms with Crippen LogP contribution in [0.2, 0.25) is 0 Å². The molecule has 1 atom stereocenters. The molecule has 4 heteroatoms. The summed E-state index contributed by atoms with van der Waals surface area (Å²) in [7, 11) is 0. The number of aromatic nitrogens is 2. The number of hydrogen-bond acceptors (Lipinski definition) is 3. The molecule has 3 nitrogen and oxygen atoms in total. The van der Waals surface area contributed by atoms with Gasteiger partial charge in [0.15, 0.2) is 0 Å². The number of nitrogens with zero attached hydrogens (tertiary/aromatic N) is 1. The molecule has 4 rings (SSSR count). The van der Waals surface area contributed by atoms with Gasteiger partial charge in [-0.25, -0.2) is 4.98 Å². The van der Waals surface area contributed by atoms with Gasteiger partial charge in [0.1, 0.15) is 5.82 Å². The molecule has 2 aromatic heterocycles. The molecule has 2 aliphatic rings. The summed E-state index contributed by atoms with van der Waals surface area (Å²) in [5.41, 5.74) is 3.92. The number of nitrogens with one attached hydrogen (secondary N) is 2. The molecule has 0 radical (unpaired) electrons. The molecule has 1 aliphatic heterocycles. The fraction of sp³-hybridized carbons (Fsp3) is 0.500. The predicted octanol–water partition coefficient (Wildman–Crippen LogP) is 2.53. The van der Waals surface area contributed by atoms with E-state index in [0.717, 1.165) is 12.8 Å². The van der Waals surface area contributed by atoms with E-state index >= 15 is 0 Å². The zero-order chi connectivity index (χ0) is 11.9. The van der Waals surface area contributed by atoms with Gasteiger partial charge in [0, 0.05) is 28.6 Å². The summed E-state index contributed by atoms with van der Waals surface area (Å²) in [6.07, 6.45) is 5.93. The highest BCUT2D eigenvalue weighted by Gasteiger charge is 2.23. The van der Waals surface area contributed by atoms with Crippen molar-refractivity contribution in [2.75, 3.05) is 6.54 Å². The van der Waals surface area contributed by atoms with Crippen molar-refractivity contribution in [1.82, 2.24) is 15.3 Å². The number of imidazole rings is 1. The number of aryl methyl sites for hydroxylation is 2. The maximum absolute atomic E-state index is 4.84. The van der Waals surface area contributed by atoms with Crippen LogP contribution in [0.1, 0.15) is 29.2 Å². The van der Waals surface area contributed by atoms with E-state index in [1.165, 1.54) is 53.5 Å².